The van der Waals surface area contributed by atoms with E-state index in [1.54, 1.807) is 19.9 Å². The minimum absolute atomic E-state index is 0.0871. The lowest BCUT2D eigenvalue weighted by Crippen LogP contribution is -2.23. The molecule has 1 aromatic carbocycles. The molecule has 4 nitrogen and oxygen atoms in total. The quantitative estimate of drug-likeness (QED) is 0.679. The van der Waals surface area contributed by atoms with E-state index in [4.69, 9.17) is 10.7 Å². The SMILES string of the molecule is CC#CCNC(=O)c1cc(C)cc(S(=O)(=O)Cl)c1. The minimum Gasteiger partial charge on any atom is -0.341 e. The topological polar surface area (TPSA) is 63.2 Å². The molecule has 1 N–H and O–H groups in total. The Morgan fingerprint density at radius 3 is 2.61 bits per heavy atom. The van der Waals surface area contributed by atoms with Crippen LogP contribution in [0.5, 0.6) is 0 Å². The molecule has 6 heteroatoms. The summed E-state index contributed by atoms with van der Waals surface area (Å²) in [6.07, 6.45) is 0. The van der Waals surface area contributed by atoms with Gasteiger partial charge < -0.3 is 5.32 Å². The van der Waals surface area contributed by atoms with Gasteiger partial charge >= 0.3 is 0 Å². The average Bonchev–Trinajstić information content (AvgIpc) is 2.27. The lowest BCUT2D eigenvalue weighted by molar-refractivity contribution is 0.0958. The zero-order chi connectivity index (χ0) is 13.8. The molecule has 0 bridgehead atoms. The second-order valence-corrected chi connectivity index (χ2v) is 6.15. The van der Waals surface area contributed by atoms with Crippen LogP contribution in [0.25, 0.3) is 0 Å². The summed E-state index contributed by atoms with van der Waals surface area (Å²) in [6, 6.07) is 4.23. The van der Waals surface area contributed by atoms with Crippen LogP contribution in [-0.4, -0.2) is 20.9 Å². The van der Waals surface area contributed by atoms with Gasteiger partial charge in [0.15, 0.2) is 0 Å². The Hall–Kier alpha value is -1.51. The average molecular weight is 286 g/mol. The Morgan fingerprint density at radius 1 is 1.39 bits per heavy atom. The van der Waals surface area contributed by atoms with Gasteiger partial charge in [0, 0.05) is 16.2 Å². The highest BCUT2D eigenvalue weighted by molar-refractivity contribution is 8.13. The lowest BCUT2D eigenvalue weighted by atomic mass is 10.1. The largest absolute Gasteiger partial charge is 0.341 e. The molecule has 0 unspecified atom stereocenters. The number of hydrogen-bond acceptors (Lipinski definition) is 3. The van der Waals surface area contributed by atoms with E-state index in [0.29, 0.717) is 5.56 Å². The summed E-state index contributed by atoms with van der Waals surface area (Å²) in [5.41, 5.74) is 0.885. The van der Waals surface area contributed by atoms with Gasteiger partial charge in [-0.2, -0.15) is 0 Å². The number of rotatable bonds is 3. The molecule has 0 spiro atoms. The predicted octanol–water partition coefficient (Wildman–Crippen LogP) is 1.68. The van der Waals surface area contributed by atoms with E-state index in [-0.39, 0.29) is 22.9 Å². The first kappa shape index (κ1) is 14.6. The fourth-order valence-electron chi connectivity index (χ4n) is 1.33. The second-order valence-electron chi connectivity index (χ2n) is 3.58. The fraction of sp³-hybridized carbons (Fsp3) is 0.250. The Kier molecular flexibility index (Phi) is 4.76. The smallest absolute Gasteiger partial charge is 0.261 e. The first-order valence-corrected chi connectivity index (χ1v) is 7.39. The van der Waals surface area contributed by atoms with Gasteiger partial charge in [0.2, 0.25) is 0 Å². The first-order valence-electron chi connectivity index (χ1n) is 5.09. The van der Waals surface area contributed by atoms with Crippen molar-refractivity contribution in [2.45, 2.75) is 18.7 Å². The molecule has 0 saturated carbocycles. The Labute approximate surface area is 111 Å². The highest BCUT2D eigenvalue weighted by atomic mass is 35.7. The molecule has 1 aromatic rings. The summed E-state index contributed by atoms with van der Waals surface area (Å²) < 4.78 is 22.5. The van der Waals surface area contributed by atoms with Crippen LogP contribution in [0.15, 0.2) is 23.1 Å². The Bertz CT molecular complexity index is 626. The van der Waals surface area contributed by atoms with Crippen LogP contribution in [0.4, 0.5) is 0 Å². The van der Waals surface area contributed by atoms with Gasteiger partial charge in [-0.25, -0.2) is 8.42 Å². The zero-order valence-electron chi connectivity index (χ0n) is 9.95. The van der Waals surface area contributed by atoms with Crippen molar-refractivity contribution in [2.24, 2.45) is 0 Å². The van der Waals surface area contributed by atoms with Crippen LogP contribution in [0.2, 0.25) is 0 Å². The van der Waals surface area contributed by atoms with Crippen molar-refractivity contribution in [3.8, 4) is 11.8 Å². The number of halogens is 1. The summed E-state index contributed by atoms with van der Waals surface area (Å²) in [5, 5.41) is 2.56. The number of aryl methyl sites for hydroxylation is 1. The van der Waals surface area contributed by atoms with E-state index in [2.05, 4.69) is 17.2 Å². The van der Waals surface area contributed by atoms with Gasteiger partial charge in [0.1, 0.15) is 0 Å². The summed E-state index contributed by atoms with van der Waals surface area (Å²) in [4.78, 5) is 11.6. The Morgan fingerprint density at radius 2 is 2.06 bits per heavy atom. The van der Waals surface area contributed by atoms with Gasteiger partial charge in [-0.05, 0) is 37.6 Å². The highest BCUT2D eigenvalue weighted by Gasteiger charge is 2.14. The maximum atomic E-state index is 11.7. The van der Waals surface area contributed by atoms with Gasteiger partial charge in [-0.3, -0.25) is 4.79 Å². The molecular formula is C12H12ClNO3S. The third-order valence-corrected chi connectivity index (χ3v) is 3.44. The van der Waals surface area contributed by atoms with Crippen molar-refractivity contribution in [3.05, 3.63) is 29.3 Å². The van der Waals surface area contributed by atoms with Crippen LogP contribution in [0.1, 0.15) is 22.8 Å². The molecule has 0 fully saturated rings. The number of amides is 1. The monoisotopic (exact) mass is 285 g/mol. The fourth-order valence-corrected chi connectivity index (χ4v) is 2.20. The van der Waals surface area contributed by atoms with Crippen molar-refractivity contribution in [3.63, 3.8) is 0 Å². The molecule has 0 aliphatic carbocycles. The van der Waals surface area contributed by atoms with E-state index in [1.807, 2.05) is 0 Å². The zero-order valence-corrected chi connectivity index (χ0v) is 11.5. The van der Waals surface area contributed by atoms with Crippen molar-refractivity contribution in [1.82, 2.24) is 5.32 Å². The molecule has 0 aliphatic rings. The Balaban J connectivity index is 3.06. The third-order valence-electron chi connectivity index (χ3n) is 2.11. The minimum atomic E-state index is -3.84. The molecule has 0 radical (unpaired) electrons. The van der Waals surface area contributed by atoms with Crippen molar-refractivity contribution >= 4 is 25.6 Å². The molecule has 0 aromatic heterocycles. The number of benzene rings is 1. The summed E-state index contributed by atoms with van der Waals surface area (Å²) >= 11 is 0. The maximum absolute atomic E-state index is 11.7. The van der Waals surface area contributed by atoms with Crippen LogP contribution < -0.4 is 5.32 Å². The van der Waals surface area contributed by atoms with Crippen LogP contribution in [-0.2, 0) is 9.05 Å². The summed E-state index contributed by atoms with van der Waals surface area (Å²) in [7, 11) is 1.41. The number of carbonyl (C=O) groups excluding carboxylic acids is 1. The van der Waals surface area contributed by atoms with Gasteiger partial charge in [0.25, 0.3) is 15.0 Å². The normalized spacial score (nSPS) is 10.4. The van der Waals surface area contributed by atoms with E-state index in [0.717, 1.165) is 0 Å². The summed E-state index contributed by atoms with van der Waals surface area (Å²) in [6.45, 7) is 3.57. The maximum Gasteiger partial charge on any atom is 0.261 e. The van der Waals surface area contributed by atoms with Gasteiger partial charge in [0.05, 0.1) is 11.4 Å². The number of nitrogens with one attached hydrogen (secondary N) is 1. The molecule has 1 rings (SSSR count). The number of hydrogen-bond donors (Lipinski definition) is 1. The van der Waals surface area contributed by atoms with E-state index in [9.17, 15) is 13.2 Å². The molecule has 18 heavy (non-hydrogen) atoms. The number of carbonyl (C=O) groups is 1. The molecule has 0 saturated heterocycles. The summed E-state index contributed by atoms with van der Waals surface area (Å²) in [5.74, 6) is 4.94. The molecule has 0 heterocycles. The molecular weight excluding hydrogens is 274 g/mol. The molecule has 0 aliphatic heterocycles. The standard InChI is InChI=1S/C12H12ClNO3S/c1-3-4-5-14-12(15)10-6-9(2)7-11(8-10)18(13,16)17/h6-8H,5H2,1-2H3,(H,14,15). The molecule has 1 amide bonds. The third kappa shape index (κ3) is 4.06. The van der Waals surface area contributed by atoms with E-state index >= 15 is 0 Å². The predicted molar refractivity (Wildman–Crippen MR) is 70.0 cm³/mol. The second kappa shape index (κ2) is 5.89. The van der Waals surface area contributed by atoms with E-state index < -0.39 is 9.05 Å². The van der Waals surface area contributed by atoms with Crippen molar-refractivity contribution in [1.29, 1.82) is 0 Å². The van der Waals surface area contributed by atoms with Gasteiger partial charge in [-0.15, -0.1) is 5.92 Å². The highest BCUT2D eigenvalue weighted by Crippen LogP contribution is 2.18. The van der Waals surface area contributed by atoms with Crippen molar-refractivity contribution in [2.75, 3.05) is 6.54 Å². The van der Waals surface area contributed by atoms with E-state index in [1.165, 1.54) is 12.1 Å². The van der Waals surface area contributed by atoms with Crippen LogP contribution in [0.3, 0.4) is 0 Å². The molecule has 0 atom stereocenters. The van der Waals surface area contributed by atoms with Crippen molar-refractivity contribution < 1.29 is 13.2 Å². The molecule has 96 valence electrons. The lowest BCUT2D eigenvalue weighted by Gasteiger charge is -2.05. The van der Waals surface area contributed by atoms with Gasteiger partial charge in [-0.1, -0.05) is 5.92 Å². The van der Waals surface area contributed by atoms with Crippen LogP contribution >= 0.6 is 10.7 Å². The first-order chi connectivity index (χ1) is 8.34. The van der Waals surface area contributed by atoms with Crippen LogP contribution in [0, 0.1) is 18.8 Å².